The van der Waals surface area contributed by atoms with Gasteiger partial charge in [0, 0.05) is 17.3 Å². The molecule has 0 unspecified atom stereocenters. The first-order valence-electron chi connectivity index (χ1n) is 9.03. The summed E-state index contributed by atoms with van der Waals surface area (Å²) in [5.74, 6) is 0.0569. The van der Waals surface area contributed by atoms with Crippen LogP contribution < -0.4 is 14.8 Å². The van der Waals surface area contributed by atoms with Crippen molar-refractivity contribution in [2.24, 2.45) is 0 Å². The number of rotatable bonds is 7. The Labute approximate surface area is 178 Å². The van der Waals surface area contributed by atoms with Gasteiger partial charge in [0.05, 0.1) is 28.2 Å². The molecule has 0 fully saturated rings. The van der Waals surface area contributed by atoms with Crippen LogP contribution in [0.4, 0.5) is 17.1 Å². The molecule has 31 heavy (non-hydrogen) atoms. The molecular weight excluding hydrogens is 422 g/mol. The molecule has 160 valence electrons. The second-order valence-electron chi connectivity index (χ2n) is 6.52. The standard InChI is InChI=1S/C21H19N3O6S/c1-14-19(4-3-5-20(14)24(26)27)22-21(25)15-6-8-16(9-7-15)23-31(28,29)18-12-10-17(30-2)11-13-18/h3-13,23H,1-2H3,(H,22,25). The Kier molecular flexibility index (Phi) is 6.21. The highest BCUT2D eigenvalue weighted by atomic mass is 32.2. The van der Waals surface area contributed by atoms with Crippen LogP contribution in [0.5, 0.6) is 5.75 Å². The Morgan fingerprint density at radius 1 is 1.00 bits per heavy atom. The van der Waals surface area contributed by atoms with Crippen LogP contribution in [0, 0.1) is 17.0 Å². The number of nitrogens with one attached hydrogen (secondary N) is 2. The van der Waals surface area contributed by atoms with Gasteiger partial charge in [0.2, 0.25) is 0 Å². The maximum atomic E-state index is 12.5. The fourth-order valence-corrected chi connectivity index (χ4v) is 3.87. The fourth-order valence-electron chi connectivity index (χ4n) is 2.81. The lowest BCUT2D eigenvalue weighted by Gasteiger charge is -2.11. The van der Waals surface area contributed by atoms with E-state index in [1.165, 1.54) is 67.8 Å². The van der Waals surface area contributed by atoms with Crippen molar-refractivity contribution in [1.29, 1.82) is 0 Å². The molecule has 0 aliphatic carbocycles. The fraction of sp³-hybridized carbons (Fsp3) is 0.0952. The first kappa shape index (κ1) is 21.8. The van der Waals surface area contributed by atoms with Crippen molar-refractivity contribution >= 4 is 33.0 Å². The van der Waals surface area contributed by atoms with Crippen LogP contribution >= 0.6 is 0 Å². The van der Waals surface area contributed by atoms with E-state index in [1.54, 1.807) is 13.0 Å². The largest absolute Gasteiger partial charge is 0.497 e. The third-order valence-electron chi connectivity index (χ3n) is 4.52. The number of carbonyl (C=O) groups is 1. The zero-order valence-corrected chi connectivity index (χ0v) is 17.5. The molecule has 3 rings (SSSR count). The summed E-state index contributed by atoms with van der Waals surface area (Å²) in [6, 6.07) is 16.1. The third kappa shape index (κ3) is 4.98. The number of nitro groups is 1. The lowest BCUT2D eigenvalue weighted by molar-refractivity contribution is -0.385. The minimum atomic E-state index is -3.81. The average molecular weight is 441 g/mol. The number of hydrogen-bond donors (Lipinski definition) is 2. The van der Waals surface area contributed by atoms with Crippen LogP contribution in [0.15, 0.2) is 71.6 Å². The molecule has 9 nitrogen and oxygen atoms in total. The molecular formula is C21H19N3O6S. The minimum absolute atomic E-state index is 0.0660. The molecule has 0 aliphatic heterocycles. The molecule has 0 heterocycles. The van der Waals surface area contributed by atoms with Crippen LogP contribution in [0.25, 0.3) is 0 Å². The Hall–Kier alpha value is -3.92. The van der Waals surface area contributed by atoms with Gasteiger partial charge in [-0.25, -0.2) is 8.42 Å². The Morgan fingerprint density at radius 3 is 2.23 bits per heavy atom. The van der Waals surface area contributed by atoms with Crippen molar-refractivity contribution in [3.63, 3.8) is 0 Å². The van der Waals surface area contributed by atoms with E-state index in [1.807, 2.05) is 0 Å². The summed E-state index contributed by atoms with van der Waals surface area (Å²) in [6.07, 6.45) is 0. The molecule has 3 aromatic rings. The number of ether oxygens (including phenoxy) is 1. The summed E-state index contributed by atoms with van der Waals surface area (Å²) in [7, 11) is -2.32. The second kappa shape index (κ2) is 8.84. The number of amides is 1. The van der Waals surface area contributed by atoms with Crippen LogP contribution in [-0.2, 0) is 10.0 Å². The quantitative estimate of drug-likeness (QED) is 0.422. The lowest BCUT2D eigenvalue weighted by atomic mass is 10.1. The topological polar surface area (TPSA) is 128 Å². The maximum Gasteiger partial charge on any atom is 0.274 e. The number of hydrogen-bond acceptors (Lipinski definition) is 6. The van der Waals surface area contributed by atoms with E-state index in [0.29, 0.717) is 17.0 Å². The zero-order valence-electron chi connectivity index (χ0n) is 16.7. The molecule has 2 N–H and O–H groups in total. The third-order valence-corrected chi connectivity index (χ3v) is 5.92. The van der Waals surface area contributed by atoms with Gasteiger partial charge in [0.1, 0.15) is 5.75 Å². The van der Waals surface area contributed by atoms with Gasteiger partial charge in [-0.05, 0) is 61.5 Å². The summed E-state index contributed by atoms with van der Waals surface area (Å²) in [6.45, 7) is 1.55. The van der Waals surface area contributed by atoms with Crippen LogP contribution in [-0.4, -0.2) is 26.4 Å². The predicted octanol–water partition coefficient (Wildman–Crippen LogP) is 3.96. The number of anilines is 2. The van der Waals surface area contributed by atoms with Gasteiger partial charge in [-0.3, -0.25) is 19.6 Å². The monoisotopic (exact) mass is 441 g/mol. The van der Waals surface area contributed by atoms with E-state index in [-0.39, 0.29) is 21.8 Å². The van der Waals surface area contributed by atoms with Gasteiger partial charge in [-0.15, -0.1) is 0 Å². The highest BCUT2D eigenvalue weighted by molar-refractivity contribution is 7.92. The molecule has 1 amide bonds. The molecule has 0 saturated heterocycles. The van der Waals surface area contributed by atoms with Crippen molar-refractivity contribution in [3.05, 3.63) is 88.0 Å². The molecule has 0 aromatic heterocycles. The van der Waals surface area contributed by atoms with Gasteiger partial charge in [-0.1, -0.05) is 6.07 Å². The number of benzene rings is 3. The second-order valence-corrected chi connectivity index (χ2v) is 8.20. The van der Waals surface area contributed by atoms with E-state index < -0.39 is 20.9 Å². The lowest BCUT2D eigenvalue weighted by Crippen LogP contribution is -2.15. The Morgan fingerprint density at radius 2 is 1.65 bits per heavy atom. The van der Waals surface area contributed by atoms with Crippen molar-refractivity contribution in [2.45, 2.75) is 11.8 Å². The van der Waals surface area contributed by atoms with Crippen molar-refractivity contribution in [2.75, 3.05) is 17.1 Å². The SMILES string of the molecule is COc1ccc(S(=O)(=O)Nc2ccc(C(=O)Nc3cccc([N+](=O)[O-])c3C)cc2)cc1. The molecule has 0 bridgehead atoms. The van der Waals surface area contributed by atoms with Crippen molar-refractivity contribution in [1.82, 2.24) is 0 Å². The molecule has 0 atom stereocenters. The van der Waals surface area contributed by atoms with E-state index in [2.05, 4.69) is 10.0 Å². The summed E-state index contributed by atoms with van der Waals surface area (Å²) >= 11 is 0. The van der Waals surface area contributed by atoms with Gasteiger partial charge in [0.15, 0.2) is 0 Å². The van der Waals surface area contributed by atoms with Gasteiger partial charge < -0.3 is 10.1 Å². The Balaban J connectivity index is 1.73. The molecule has 10 heteroatoms. The van der Waals surface area contributed by atoms with Crippen LogP contribution in [0.2, 0.25) is 0 Å². The molecule has 0 radical (unpaired) electrons. The number of methoxy groups -OCH3 is 1. The van der Waals surface area contributed by atoms with E-state index in [4.69, 9.17) is 4.74 Å². The first-order valence-corrected chi connectivity index (χ1v) is 10.5. The molecule has 0 spiro atoms. The van der Waals surface area contributed by atoms with Crippen molar-refractivity contribution in [3.8, 4) is 5.75 Å². The predicted molar refractivity (Wildman–Crippen MR) is 116 cm³/mol. The van der Waals surface area contributed by atoms with Crippen LogP contribution in [0.1, 0.15) is 15.9 Å². The summed E-state index contributed by atoms with van der Waals surface area (Å²) < 4.78 is 32.5. The zero-order chi connectivity index (χ0) is 22.6. The number of nitrogens with zero attached hydrogens (tertiary/aromatic N) is 1. The summed E-state index contributed by atoms with van der Waals surface area (Å²) in [5.41, 5.74) is 1.10. The maximum absolute atomic E-state index is 12.5. The smallest absolute Gasteiger partial charge is 0.274 e. The van der Waals surface area contributed by atoms with Gasteiger partial charge in [-0.2, -0.15) is 0 Å². The van der Waals surface area contributed by atoms with E-state index >= 15 is 0 Å². The number of carbonyl (C=O) groups excluding carboxylic acids is 1. The first-order chi connectivity index (χ1) is 14.7. The Bertz CT molecular complexity index is 1220. The van der Waals surface area contributed by atoms with E-state index in [0.717, 1.165) is 0 Å². The summed E-state index contributed by atoms with van der Waals surface area (Å²) in [4.78, 5) is 23.1. The van der Waals surface area contributed by atoms with E-state index in [9.17, 15) is 23.3 Å². The summed E-state index contributed by atoms with van der Waals surface area (Å²) in [5, 5.41) is 13.7. The van der Waals surface area contributed by atoms with Crippen LogP contribution in [0.3, 0.4) is 0 Å². The van der Waals surface area contributed by atoms with Gasteiger partial charge >= 0.3 is 0 Å². The number of sulfonamides is 1. The van der Waals surface area contributed by atoms with Gasteiger partial charge in [0.25, 0.3) is 21.6 Å². The minimum Gasteiger partial charge on any atom is -0.497 e. The average Bonchev–Trinajstić information content (AvgIpc) is 2.75. The normalized spacial score (nSPS) is 10.9. The molecule has 0 aliphatic rings. The van der Waals surface area contributed by atoms with Crippen molar-refractivity contribution < 1.29 is 22.9 Å². The number of nitro benzene ring substituents is 1. The highest BCUT2D eigenvalue weighted by Gasteiger charge is 2.17. The highest BCUT2D eigenvalue weighted by Crippen LogP contribution is 2.26. The molecule has 0 saturated carbocycles. The molecule has 3 aromatic carbocycles.